The van der Waals surface area contributed by atoms with Crippen molar-refractivity contribution < 1.29 is 9.90 Å². The van der Waals surface area contributed by atoms with E-state index in [1.165, 1.54) is 0 Å². The molecule has 1 aromatic carbocycles. The van der Waals surface area contributed by atoms with Crippen molar-refractivity contribution in [3.63, 3.8) is 0 Å². The number of benzene rings is 1. The molecule has 0 radical (unpaired) electrons. The van der Waals surface area contributed by atoms with Crippen LogP contribution in [-0.4, -0.2) is 20.6 Å². The lowest BCUT2D eigenvalue weighted by Gasteiger charge is -2.13. The molecule has 19 heavy (non-hydrogen) atoms. The topological polar surface area (TPSA) is 55.1 Å². The van der Waals surface area contributed by atoms with E-state index in [-0.39, 0.29) is 5.56 Å². The monoisotopic (exact) mass is 260 g/mol. The second-order valence-corrected chi connectivity index (χ2v) is 4.98. The fraction of sp³-hybridized carbons (Fsp3) is 0.467. The number of aromatic carboxylic acids is 1. The number of nitrogens with zero attached hydrogens (tertiary/aromatic N) is 2. The molecule has 0 aliphatic carbocycles. The van der Waals surface area contributed by atoms with Gasteiger partial charge in [0.05, 0.1) is 11.1 Å². The van der Waals surface area contributed by atoms with E-state index in [1.807, 2.05) is 6.07 Å². The van der Waals surface area contributed by atoms with Crippen LogP contribution in [0.15, 0.2) is 18.2 Å². The Morgan fingerprint density at radius 1 is 1.42 bits per heavy atom. The van der Waals surface area contributed by atoms with Crippen molar-refractivity contribution in [2.45, 2.75) is 40.2 Å². The van der Waals surface area contributed by atoms with Crippen molar-refractivity contribution in [1.29, 1.82) is 0 Å². The minimum atomic E-state index is -0.915. The van der Waals surface area contributed by atoms with Crippen LogP contribution in [0, 0.1) is 5.92 Å². The van der Waals surface area contributed by atoms with E-state index in [1.54, 1.807) is 12.1 Å². The molecule has 0 saturated carbocycles. The van der Waals surface area contributed by atoms with Crippen LogP contribution in [0.4, 0.5) is 0 Å². The Morgan fingerprint density at radius 2 is 2.16 bits per heavy atom. The van der Waals surface area contributed by atoms with Gasteiger partial charge >= 0.3 is 5.97 Å². The minimum absolute atomic E-state index is 0.287. The average molecular weight is 260 g/mol. The Morgan fingerprint density at radius 3 is 2.74 bits per heavy atom. The van der Waals surface area contributed by atoms with E-state index in [2.05, 4.69) is 30.3 Å². The minimum Gasteiger partial charge on any atom is -0.478 e. The second kappa shape index (κ2) is 5.43. The summed E-state index contributed by atoms with van der Waals surface area (Å²) >= 11 is 0. The van der Waals surface area contributed by atoms with Crippen LogP contribution in [0.3, 0.4) is 0 Å². The molecule has 0 bridgehead atoms. The predicted octanol–water partition coefficient (Wildman–Crippen LogP) is 3.34. The van der Waals surface area contributed by atoms with Crippen LogP contribution in [0.1, 0.15) is 43.4 Å². The Kier molecular flexibility index (Phi) is 3.88. The highest BCUT2D eigenvalue weighted by Crippen LogP contribution is 2.22. The number of hydrogen-bond acceptors (Lipinski definition) is 2. The highest BCUT2D eigenvalue weighted by molar-refractivity contribution is 6.01. The third-order valence-corrected chi connectivity index (χ3v) is 3.60. The molecule has 1 aromatic heterocycles. The largest absolute Gasteiger partial charge is 0.478 e. The van der Waals surface area contributed by atoms with Gasteiger partial charge in [0.25, 0.3) is 0 Å². The van der Waals surface area contributed by atoms with Gasteiger partial charge in [-0.15, -0.1) is 0 Å². The molecular formula is C15H20N2O2. The van der Waals surface area contributed by atoms with Crippen LogP contribution in [0.2, 0.25) is 0 Å². The normalized spacial score (nSPS) is 12.8. The summed E-state index contributed by atoms with van der Waals surface area (Å²) in [5.41, 5.74) is 1.82. The molecule has 2 rings (SSSR count). The summed E-state index contributed by atoms with van der Waals surface area (Å²) in [5.74, 6) is 0.599. The number of aryl methyl sites for hydroxylation is 1. The van der Waals surface area contributed by atoms with Gasteiger partial charge in [0.15, 0.2) is 0 Å². The van der Waals surface area contributed by atoms with Gasteiger partial charge in [0, 0.05) is 13.0 Å². The molecule has 0 aliphatic heterocycles. The first-order chi connectivity index (χ1) is 9.08. The van der Waals surface area contributed by atoms with Gasteiger partial charge in [-0.1, -0.05) is 33.3 Å². The Labute approximate surface area is 113 Å². The van der Waals surface area contributed by atoms with E-state index in [9.17, 15) is 9.90 Å². The maximum absolute atomic E-state index is 11.3. The average Bonchev–Trinajstić information content (AvgIpc) is 2.76. The Bertz CT molecular complexity index is 601. The van der Waals surface area contributed by atoms with E-state index in [0.717, 1.165) is 30.7 Å². The summed E-state index contributed by atoms with van der Waals surface area (Å²) in [4.78, 5) is 15.8. The molecule has 4 nitrogen and oxygen atoms in total. The summed E-state index contributed by atoms with van der Waals surface area (Å²) in [6, 6.07) is 5.36. The first-order valence-corrected chi connectivity index (χ1v) is 6.79. The molecule has 1 N–H and O–H groups in total. The number of fused-ring (bicyclic) bond motifs is 1. The number of hydrogen-bond donors (Lipinski definition) is 1. The molecular weight excluding hydrogens is 240 g/mol. The van der Waals surface area contributed by atoms with Crippen molar-refractivity contribution >= 4 is 17.0 Å². The van der Waals surface area contributed by atoms with Gasteiger partial charge in [-0.25, -0.2) is 9.78 Å². The maximum atomic E-state index is 11.3. The highest BCUT2D eigenvalue weighted by Gasteiger charge is 2.16. The van der Waals surface area contributed by atoms with Gasteiger partial charge in [0.2, 0.25) is 0 Å². The van der Waals surface area contributed by atoms with Crippen LogP contribution < -0.4 is 0 Å². The van der Waals surface area contributed by atoms with Crippen molar-refractivity contribution in [2.24, 2.45) is 5.92 Å². The van der Waals surface area contributed by atoms with Crippen molar-refractivity contribution in [1.82, 2.24) is 9.55 Å². The summed E-state index contributed by atoms with van der Waals surface area (Å²) < 4.78 is 2.16. The quantitative estimate of drug-likeness (QED) is 0.897. The van der Waals surface area contributed by atoms with E-state index < -0.39 is 5.97 Å². The van der Waals surface area contributed by atoms with E-state index in [4.69, 9.17) is 0 Å². The standard InChI is InChI=1S/C15H20N2O2/c1-4-10(3)9-17-12-8-6-7-11(15(18)19)14(12)16-13(17)5-2/h6-8,10H,4-5,9H2,1-3H3,(H,18,19). The number of rotatable bonds is 5. The summed E-state index contributed by atoms with van der Waals surface area (Å²) in [7, 11) is 0. The SMILES string of the molecule is CCc1nc2c(C(=O)O)cccc2n1CC(C)CC. The molecule has 0 amide bonds. The predicted molar refractivity (Wildman–Crippen MR) is 75.5 cm³/mol. The van der Waals surface area contributed by atoms with Crippen LogP contribution in [0.5, 0.6) is 0 Å². The van der Waals surface area contributed by atoms with Crippen molar-refractivity contribution in [2.75, 3.05) is 0 Å². The summed E-state index contributed by atoms with van der Waals surface area (Å²) in [5, 5.41) is 9.23. The van der Waals surface area contributed by atoms with Crippen LogP contribution in [-0.2, 0) is 13.0 Å². The molecule has 1 atom stereocenters. The van der Waals surface area contributed by atoms with Crippen molar-refractivity contribution in [3.05, 3.63) is 29.6 Å². The molecule has 1 unspecified atom stereocenters. The van der Waals surface area contributed by atoms with Gasteiger partial charge in [-0.05, 0) is 18.1 Å². The van der Waals surface area contributed by atoms with E-state index >= 15 is 0 Å². The molecule has 0 saturated heterocycles. The molecule has 102 valence electrons. The third-order valence-electron chi connectivity index (χ3n) is 3.60. The molecule has 0 fully saturated rings. The zero-order valence-corrected chi connectivity index (χ0v) is 11.7. The van der Waals surface area contributed by atoms with Gasteiger partial charge < -0.3 is 9.67 Å². The van der Waals surface area contributed by atoms with Gasteiger partial charge in [0.1, 0.15) is 11.3 Å². The Balaban J connectivity index is 2.62. The zero-order chi connectivity index (χ0) is 14.0. The van der Waals surface area contributed by atoms with Crippen LogP contribution >= 0.6 is 0 Å². The first kappa shape index (κ1) is 13.6. The van der Waals surface area contributed by atoms with Gasteiger partial charge in [-0.3, -0.25) is 0 Å². The smallest absolute Gasteiger partial charge is 0.337 e. The second-order valence-electron chi connectivity index (χ2n) is 4.98. The fourth-order valence-electron chi connectivity index (χ4n) is 2.28. The highest BCUT2D eigenvalue weighted by atomic mass is 16.4. The molecule has 0 aliphatic rings. The number of carbonyl (C=O) groups is 1. The van der Waals surface area contributed by atoms with Gasteiger partial charge in [-0.2, -0.15) is 0 Å². The number of carboxylic acids is 1. The molecule has 4 heteroatoms. The summed E-state index contributed by atoms with van der Waals surface area (Å²) in [6.45, 7) is 7.30. The fourth-order valence-corrected chi connectivity index (χ4v) is 2.28. The number of aromatic nitrogens is 2. The molecule has 2 aromatic rings. The van der Waals surface area contributed by atoms with Crippen LogP contribution in [0.25, 0.3) is 11.0 Å². The molecule has 1 heterocycles. The zero-order valence-electron chi connectivity index (χ0n) is 11.7. The Hall–Kier alpha value is -1.84. The molecule has 0 spiro atoms. The third kappa shape index (κ3) is 2.48. The number of para-hydroxylation sites is 1. The lowest BCUT2D eigenvalue weighted by Crippen LogP contribution is -2.09. The summed E-state index contributed by atoms with van der Waals surface area (Å²) in [6.07, 6.45) is 1.91. The first-order valence-electron chi connectivity index (χ1n) is 6.79. The lowest BCUT2D eigenvalue weighted by molar-refractivity contribution is 0.0699. The van der Waals surface area contributed by atoms with Crippen molar-refractivity contribution in [3.8, 4) is 0 Å². The van der Waals surface area contributed by atoms with E-state index in [0.29, 0.717) is 11.4 Å². The maximum Gasteiger partial charge on any atom is 0.337 e. The lowest BCUT2D eigenvalue weighted by atomic mass is 10.1. The number of imidazole rings is 1. The number of carboxylic acid groups (broad SMARTS) is 1.